The van der Waals surface area contributed by atoms with Gasteiger partial charge in [-0.2, -0.15) is 4.73 Å². The second-order valence-electron chi connectivity index (χ2n) is 1.89. The lowest BCUT2D eigenvalue weighted by molar-refractivity contribution is -0.607. The van der Waals surface area contributed by atoms with Crippen molar-refractivity contribution in [1.82, 2.24) is 0 Å². The Bertz CT molecular complexity index is 280. The summed E-state index contributed by atoms with van der Waals surface area (Å²) < 4.78 is 0.338. The van der Waals surface area contributed by atoms with Gasteiger partial charge in [0, 0.05) is 6.07 Å². The Morgan fingerprint density at radius 3 is 2.73 bits per heavy atom. The first-order valence-corrected chi connectivity index (χ1v) is 3.18. The Morgan fingerprint density at radius 2 is 2.36 bits per heavy atom. The van der Waals surface area contributed by atoms with E-state index in [4.69, 9.17) is 17.3 Å². The Labute approximate surface area is 67.8 Å². The molecule has 1 rings (SSSR count). The zero-order chi connectivity index (χ0) is 8.43. The molecule has 0 fully saturated rings. The number of nitrogens with two attached hydrogens (primary N) is 1. The number of amides is 1. The third kappa shape index (κ3) is 1.40. The third-order valence-corrected chi connectivity index (χ3v) is 1.45. The van der Waals surface area contributed by atoms with Crippen molar-refractivity contribution < 1.29 is 9.52 Å². The largest absolute Gasteiger partial charge is 0.618 e. The number of aromatic nitrogens is 1. The Kier molecular flexibility index (Phi) is 1.96. The van der Waals surface area contributed by atoms with Crippen LogP contribution in [0.3, 0.4) is 0 Å². The van der Waals surface area contributed by atoms with E-state index in [0.29, 0.717) is 4.73 Å². The zero-order valence-corrected chi connectivity index (χ0v) is 6.21. The van der Waals surface area contributed by atoms with Gasteiger partial charge in [-0.3, -0.25) is 4.79 Å². The monoisotopic (exact) mass is 172 g/mol. The zero-order valence-electron chi connectivity index (χ0n) is 5.45. The highest BCUT2D eigenvalue weighted by molar-refractivity contribution is 6.33. The summed E-state index contributed by atoms with van der Waals surface area (Å²) >= 11 is 5.50. The molecule has 1 heterocycles. The molecule has 4 nitrogen and oxygen atoms in total. The number of carbonyl (C=O) groups excluding carboxylic acids is 1. The van der Waals surface area contributed by atoms with Crippen LogP contribution in [-0.2, 0) is 0 Å². The van der Waals surface area contributed by atoms with Gasteiger partial charge in [-0.05, 0) is 6.07 Å². The molecule has 0 saturated carbocycles. The van der Waals surface area contributed by atoms with E-state index < -0.39 is 5.91 Å². The molecule has 1 aromatic rings. The molecule has 0 saturated heterocycles. The minimum absolute atomic E-state index is 0.0648. The summed E-state index contributed by atoms with van der Waals surface area (Å²) in [5.41, 5.74) is 4.64. The summed E-state index contributed by atoms with van der Waals surface area (Å²) in [5.74, 6) is -0.828. The highest BCUT2D eigenvalue weighted by Gasteiger charge is 2.15. The van der Waals surface area contributed by atoms with Crippen molar-refractivity contribution in [2.75, 3.05) is 0 Å². The fourth-order valence-corrected chi connectivity index (χ4v) is 0.940. The number of hydrogen-bond donors (Lipinski definition) is 1. The Hall–Kier alpha value is -1.29. The minimum Gasteiger partial charge on any atom is -0.618 e. The van der Waals surface area contributed by atoms with E-state index in [1.54, 1.807) is 0 Å². The average molecular weight is 173 g/mol. The summed E-state index contributed by atoms with van der Waals surface area (Å²) in [6.07, 6.45) is 1.16. The maximum Gasteiger partial charge on any atom is 0.316 e. The molecule has 0 aliphatic carbocycles. The summed E-state index contributed by atoms with van der Waals surface area (Å²) in [6.45, 7) is 0. The molecule has 58 valence electrons. The second-order valence-corrected chi connectivity index (χ2v) is 2.30. The van der Waals surface area contributed by atoms with Gasteiger partial charge in [0.15, 0.2) is 6.20 Å². The minimum atomic E-state index is -0.828. The molecule has 0 aliphatic rings. The number of rotatable bonds is 1. The lowest BCUT2D eigenvalue weighted by Gasteiger charge is -2.00. The van der Waals surface area contributed by atoms with Gasteiger partial charge in [-0.15, -0.1) is 0 Å². The van der Waals surface area contributed by atoms with Crippen LogP contribution in [0.2, 0.25) is 5.02 Å². The number of carbonyl (C=O) groups is 1. The van der Waals surface area contributed by atoms with E-state index in [0.717, 1.165) is 6.20 Å². The number of hydrogen-bond acceptors (Lipinski definition) is 2. The maximum atomic E-state index is 10.8. The van der Waals surface area contributed by atoms with Crippen LogP contribution in [0.4, 0.5) is 0 Å². The summed E-state index contributed by atoms with van der Waals surface area (Å²) in [5, 5.41) is 10.9. The van der Waals surface area contributed by atoms with Gasteiger partial charge in [0.25, 0.3) is 5.69 Å². The summed E-state index contributed by atoms with van der Waals surface area (Å²) in [6, 6.07) is 2.86. The van der Waals surface area contributed by atoms with Crippen molar-refractivity contribution in [1.29, 1.82) is 0 Å². The van der Waals surface area contributed by atoms with Crippen molar-refractivity contribution in [3.8, 4) is 0 Å². The van der Waals surface area contributed by atoms with Gasteiger partial charge in [-0.1, -0.05) is 11.6 Å². The van der Waals surface area contributed by atoms with Crippen molar-refractivity contribution in [3.05, 3.63) is 34.3 Å². The summed E-state index contributed by atoms with van der Waals surface area (Å²) in [7, 11) is 0. The summed E-state index contributed by atoms with van der Waals surface area (Å²) in [4.78, 5) is 10.6. The smallest absolute Gasteiger partial charge is 0.316 e. The Balaban J connectivity index is 3.32. The first kappa shape index (κ1) is 7.81. The SMILES string of the molecule is NC(=O)c1c(Cl)ccc[n+]1[O-]. The van der Waals surface area contributed by atoms with E-state index in [2.05, 4.69) is 0 Å². The standard InChI is InChI=1S/C6H5ClN2O2/c7-4-2-1-3-9(11)5(4)6(8)10/h1-3H,(H2,8,10). The van der Waals surface area contributed by atoms with Crippen LogP contribution in [0.1, 0.15) is 10.5 Å². The second kappa shape index (κ2) is 2.75. The molecule has 0 bridgehead atoms. The van der Waals surface area contributed by atoms with E-state index in [1.807, 2.05) is 0 Å². The molecule has 0 aliphatic heterocycles. The van der Waals surface area contributed by atoms with Crippen LogP contribution in [-0.4, -0.2) is 5.91 Å². The molecule has 5 heteroatoms. The van der Waals surface area contributed by atoms with Crippen LogP contribution < -0.4 is 10.5 Å². The Morgan fingerprint density at radius 1 is 1.73 bits per heavy atom. The topological polar surface area (TPSA) is 70.0 Å². The molecular weight excluding hydrogens is 168 g/mol. The van der Waals surface area contributed by atoms with Gasteiger partial charge in [0.1, 0.15) is 5.02 Å². The number of nitrogens with zero attached hydrogens (tertiary/aromatic N) is 1. The van der Waals surface area contributed by atoms with E-state index >= 15 is 0 Å². The van der Waals surface area contributed by atoms with Crippen LogP contribution in [0.25, 0.3) is 0 Å². The van der Waals surface area contributed by atoms with E-state index in [9.17, 15) is 10.0 Å². The number of primary amides is 1. The predicted molar refractivity (Wildman–Crippen MR) is 38.9 cm³/mol. The first-order chi connectivity index (χ1) is 5.13. The molecule has 2 N–H and O–H groups in total. The predicted octanol–water partition coefficient (Wildman–Crippen LogP) is 0.0723. The van der Waals surface area contributed by atoms with Crippen LogP contribution in [0, 0.1) is 5.21 Å². The molecule has 0 aromatic carbocycles. The van der Waals surface area contributed by atoms with Crippen molar-refractivity contribution >= 4 is 17.5 Å². The maximum absolute atomic E-state index is 10.8. The van der Waals surface area contributed by atoms with Gasteiger partial charge in [0.2, 0.25) is 0 Å². The van der Waals surface area contributed by atoms with Gasteiger partial charge >= 0.3 is 5.91 Å². The fourth-order valence-electron chi connectivity index (χ4n) is 0.691. The fraction of sp³-hybridized carbons (Fsp3) is 0. The highest BCUT2D eigenvalue weighted by atomic mass is 35.5. The number of pyridine rings is 1. The molecule has 0 unspecified atom stereocenters. The molecule has 0 spiro atoms. The van der Waals surface area contributed by atoms with Crippen molar-refractivity contribution in [2.45, 2.75) is 0 Å². The van der Waals surface area contributed by atoms with E-state index in [1.165, 1.54) is 12.1 Å². The molecule has 1 amide bonds. The van der Waals surface area contributed by atoms with Crippen LogP contribution in [0.5, 0.6) is 0 Å². The van der Waals surface area contributed by atoms with Gasteiger partial charge < -0.3 is 10.9 Å². The normalized spacial score (nSPS) is 9.55. The average Bonchev–Trinajstić information content (AvgIpc) is 1.85. The lowest BCUT2D eigenvalue weighted by atomic mass is 10.3. The molecule has 0 radical (unpaired) electrons. The lowest BCUT2D eigenvalue weighted by Crippen LogP contribution is -2.37. The first-order valence-electron chi connectivity index (χ1n) is 2.80. The van der Waals surface area contributed by atoms with E-state index in [-0.39, 0.29) is 10.7 Å². The van der Waals surface area contributed by atoms with Crippen LogP contribution >= 0.6 is 11.6 Å². The molecule has 11 heavy (non-hydrogen) atoms. The quantitative estimate of drug-likeness (QED) is 0.481. The van der Waals surface area contributed by atoms with Gasteiger partial charge in [-0.25, -0.2) is 0 Å². The van der Waals surface area contributed by atoms with Crippen LogP contribution in [0.15, 0.2) is 18.3 Å². The van der Waals surface area contributed by atoms with Gasteiger partial charge in [0.05, 0.1) is 0 Å². The molecular formula is C6H5ClN2O2. The molecule has 1 aromatic heterocycles. The molecule has 0 atom stereocenters. The number of halogens is 1. The van der Waals surface area contributed by atoms with Crippen molar-refractivity contribution in [3.63, 3.8) is 0 Å². The highest BCUT2D eigenvalue weighted by Crippen LogP contribution is 2.08. The van der Waals surface area contributed by atoms with Crippen molar-refractivity contribution in [2.24, 2.45) is 5.73 Å². The third-order valence-electron chi connectivity index (χ3n) is 1.14.